The summed E-state index contributed by atoms with van der Waals surface area (Å²) in [6.45, 7) is -0.553. The van der Waals surface area contributed by atoms with Crippen LogP contribution in [0.15, 0.2) is 30.6 Å². The zero-order chi connectivity index (χ0) is 13.8. The highest BCUT2D eigenvalue weighted by Crippen LogP contribution is 2.22. The third kappa shape index (κ3) is 3.50. The van der Waals surface area contributed by atoms with Crippen molar-refractivity contribution in [3.05, 3.63) is 57.6 Å². The topological polar surface area (TPSA) is 63.1 Å². The minimum absolute atomic E-state index is 0.281. The Kier molecular flexibility index (Phi) is 4.47. The number of carbonyl (C=O) groups excluding carboxylic acids is 1. The lowest BCUT2D eigenvalue weighted by Gasteiger charge is -2.04. The normalized spacial score (nSPS) is 10.5. The van der Waals surface area contributed by atoms with Crippen LogP contribution in [0.2, 0.25) is 10.0 Å². The van der Waals surface area contributed by atoms with Crippen LogP contribution in [0.1, 0.15) is 21.7 Å². The molecule has 0 spiro atoms. The Hall–Kier alpha value is -1.49. The van der Waals surface area contributed by atoms with E-state index in [1.165, 1.54) is 12.4 Å². The van der Waals surface area contributed by atoms with Gasteiger partial charge in [-0.2, -0.15) is 0 Å². The van der Waals surface area contributed by atoms with Gasteiger partial charge in [0, 0.05) is 28.9 Å². The first kappa shape index (κ1) is 13.9. The van der Waals surface area contributed by atoms with E-state index in [4.69, 9.17) is 28.3 Å². The number of hydrogen-bond donors (Lipinski definition) is 1. The van der Waals surface area contributed by atoms with E-state index in [9.17, 15) is 4.79 Å². The summed E-state index contributed by atoms with van der Waals surface area (Å²) in [4.78, 5) is 19.4. The molecule has 0 aliphatic heterocycles. The maximum Gasteiger partial charge on any atom is 0.191 e. The second-order valence-corrected chi connectivity index (χ2v) is 4.73. The van der Waals surface area contributed by atoms with E-state index in [0.717, 1.165) is 5.56 Å². The molecule has 1 heterocycles. The Labute approximate surface area is 120 Å². The monoisotopic (exact) mass is 296 g/mol. The molecule has 0 unspecified atom stereocenters. The molecule has 0 radical (unpaired) electrons. The highest BCUT2D eigenvalue weighted by molar-refractivity contribution is 6.33. The van der Waals surface area contributed by atoms with E-state index in [2.05, 4.69) is 9.97 Å². The van der Waals surface area contributed by atoms with Gasteiger partial charge < -0.3 is 5.11 Å². The maximum absolute atomic E-state index is 11.2. The molecule has 0 atom stereocenters. The first-order valence-electron chi connectivity index (χ1n) is 5.49. The van der Waals surface area contributed by atoms with Gasteiger partial charge in [-0.15, -0.1) is 0 Å². The number of Topliss-reactive ketones (excluding diaryl/α,β-unsaturated/α-hetero) is 1. The second-order valence-electron chi connectivity index (χ2n) is 3.88. The number of rotatable bonds is 4. The molecule has 1 aromatic carbocycles. The van der Waals surface area contributed by atoms with Crippen molar-refractivity contribution in [3.8, 4) is 0 Å². The first-order valence-corrected chi connectivity index (χ1v) is 6.24. The summed E-state index contributed by atoms with van der Waals surface area (Å²) in [6, 6.07) is 5.17. The number of benzene rings is 1. The van der Waals surface area contributed by atoms with Crippen LogP contribution in [-0.2, 0) is 6.42 Å². The van der Waals surface area contributed by atoms with Crippen LogP contribution in [0.5, 0.6) is 0 Å². The Balaban J connectivity index is 2.19. The minimum atomic E-state index is -0.553. The maximum atomic E-state index is 11.2. The van der Waals surface area contributed by atoms with Gasteiger partial charge in [0.05, 0.1) is 5.56 Å². The van der Waals surface area contributed by atoms with Gasteiger partial charge in [0.1, 0.15) is 12.4 Å². The molecule has 1 aromatic heterocycles. The summed E-state index contributed by atoms with van der Waals surface area (Å²) in [6.07, 6.45) is 3.20. The molecule has 98 valence electrons. The molecule has 0 bridgehead atoms. The number of halogens is 2. The molecule has 0 saturated carbocycles. The number of aromatic nitrogens is 2. The van der Waals surface area contributed by atoms with Crippen LogP contribution < -0.4 is 0 Å². The summed E-state index contributed by atoms with van der Waals surface area (Å²) < 4.78 is 0. The number of ketones is 1. The van der Waals surface area contributed by atoms with Crippen LogP contribution >= 0.6 is 23.2 Å². The number of nitrogens with zero attached hydrogens (tertiary/aromatic N) is 2. The Morgan fingerprint density at radius 3 is 2.53 bits per heavy atom. The van der Waals surface area contributed by atoms with Gasteiger partial charge in [-0.1, -0.05) is 23.2 Å². The van der Waals surface area contributed by atoms with E-state index < -0.39 is 12.4 Å². The summed E-state index contributed by atoms with van der Waals surface area (Å²) in [5.41, 5.74) is 1.10. The highest BCUT2D eigenvalue weighted by atomic mass is 35.5. The van der Waals surface area contributed by atoms with Crippen molar-refractivity contribution in [2.75, 3.05) is 6.61 Å². The molecule has 0 amide bonds. The summed E-state index contributed by atoms with van der Waals surface area (Å²) in [5.74, 6) is 0.117. The van der Waals surface area contributed by atoms with Gasteiger partial charge >= 0.3 is 0 Å². The van der Waals surface area contributed by atoms with Crippen molar-refractivity contribution in [1.82, 2.24) is 9.97 Å². The fourth-order valence-corrected chi connectivity index (χ4v) is 1.91. The second kappa shape index (κ2) is 6.10. The zero-order valence-corrected chi connectivity index (χ0v) is 11.3. The number of hydrogen-bond acceptors (Lipinski definition) is 4. The van der Waals surface area contributed by atoms with E-state index in [-0.39, 0.29) is 5.56 Å². The van der Waals surface area contributed by atoms with Crippen LogP contribution in [-0.4, -0.2) is 27.5 Å². The fourth-order valence-electron chi connectivity index (χ4n) is 1.53. The van der Waals surface area contributed by atoms with Crippen molar-refractivity contribution in [1.29, 1.82) is 0 Å². The Morgan fingerprint density at radius 2 is 1.89 bits per heavy atom. The SMILES string of the molecule is O=C(CO)c1cnc(Cc2cc(Cl)ccc2Cl)nc1. The lowest BCUT2D eigenvalue weighted by atomic mass is 10.1. The standard InChI is InChI=1S/C13H10Cl2N2O2/c14-10-1-2-11(15)8(3-10)4-13-16-5-9(6-17-13)12(19)7-18/h1-3,5-6,18H,4,7H2. The van der Waals surface area contributed by atoms with Gasteiger partial charge in [-0.05, 0) is 23.8 Å². The molecular formula is C13H10Cl2N2O2. The van der Waals surface area contributed by atoms with Crippen molar-refractivity contribution < 1.29 is 9.90 Å². The van der Waals surface area contributed by atoms with Gasteiger partial charge in [0.2, 0.25) is 0 Å². The van der Waals surface area contributed by atoms with Crippen molar-refractivity contribution in [2.45, 2.75) is 6.42 Å². The smallest absolute Gasteiger partial charge is 0.191 e. The van der Waals surface area contributed by atoms with Crippen molar-refractivity contribution in [2.24, 2.45) is 0 Å². The molecule has 0 fully saturated rings. The van der Waals surface area contributed by atoms with Gasteiger partial charge in [-0.3, -0.25) is 4.79 Å². The number of carbonyl (C=O) groups is 1. The first-order chi connectivity index (χ1) is 9.10. The molecule has 0 saturated heterocycles. The summed E-state index contributed by atoms with van der Waals surface area (Å²) in [7, 11) is 0. The quantitative estimate of drug-likeness (QED) is 0.881. The predicted molar refractivity (Wildman–Crippen MR) is 72.7 cm³/mol. The van der Waals surface area contributed by atoms with E-state index >= 15 is 0 Å². The lowest BCUT2D eigenvalue weighted by Crippen LogP contribution is -2.07. The lowest BCUT2D eigenvalue weighted by molar-refractivity contribution is 0.0903. The van der Waals surface area contributed by atoms with E-state index in [1.807, 2.05) is 0 Å². The highest BCUT2D eigenvalue weighted by Gasteiger charge is 2.08. The molecule has 6 heteroatoms. The average Bonchev–Trinajstić information content (AvgIpc) is 2.43. The molecule has 0 aliphatic carbocycles. The average molecular weight is 297 g/mol. The Bertz CT molecular complexity index is 600. The van der Waals surface area contributed by atoms with Crippen molar-refractivity contribution >= 4 is 29.0 Å². The van der Waals surface area contributed by atoms with E-state index in [0.29, 0.717) is 22.3 Å². The summed E-state index contributed by atoms with van der Waals surface area (Å²) >= 11 is 11.9. The third-order valence-corrected chi connectivity index (χ3v) is 3.13. The van der Waals surface area contributed by atoms with Gasteiger partial charge in [0.15, 0.2) is 5.78 Å². The minimum Gasteiger partial charge on any atom is -0.388 e. The predicted octanol–water partition coefficient (Wildman–Crippen LogP) is 2.55. The third-order valence-electron chi connectivity index (χ3n) is 2.53. The number of aliphatic hydroxyl groups excluding tert-OH is 1. The Morgan fingerprint density at radius 1 is 1.21 bits per heavy atom. The largest absolute Gasteiger partial charge is 0.388 e. The molecule has 2 aromatic rings. The molecule has 0 aliphatic rings. The van der Waals surface area contributed by atoms with Crippen LogP contribution in [0, 0.1) is 0 Å². The fraction of sp³-hybridized carbons (Fsp3) is 0.154. The molecule has 1 N–H and O–H groups in total. The van der Waals surface area contributed by atoms with Crippen LogP contribution in [0.3, 0.4) is 0 Å². The zero-order valence-electron chi connectivity index (χ0n) is 9.81. The molecular weight excluding hydrogens is 287 g/mol. The molecule has 2 rings (SSSR count). The summed E-state index contributed by atoms with van der Waals surface area (Å²) in [5, 5.41) is 9.90. The molecule has 4 nitrogen and oxygen atoms in total. The van der Waals surface area contributed by atoms with E-state index in [1.54, 1.807) is 18.2 Å². The molecule has 19 heavy (non-hydrogen) atoms. The number of aliphatic hydroxyl groups is 1. The van der Waals surface area contributed by atoms with Crippen molar-refractivity contribution in [3.63, 3.8) is 0 Å². The van der Waals surface area contributed by atoms with Gasteiger partial charge in [-0.25, -0.2) is 9.97 Å². The van der Waals surface area contributed by atoms with Crippen LogP contribution in [0.4, 0.5) is 0 Å². The van der Waals surface area contributed by atoms with Crippen LogP contribution in [0.25, 0.3) is 0 Å². The van der Waals surface area contributed by atoms with Gasteiger partial charge in [0.25, 0.3) is 0 Å².